The van der Waals surface area contributed by atoms with Gasteiger partial charge in [-0.1, -0.05) is 24.3 Å². The third-order valence-electron chi connectivity index (χ3n) is 4.04. The number of carbonyl (C=O) groups excluding carboxylic acids is 2. The van der Waals surface area contributed by atoms with Crippen LogP contribution in [0.1, 0.15) is 42.2 Å². The molecule has 1 amide bonds. The molecule has 2 heterocycles. The molecule has 1 aromatic carbocycles. The van der Waals surface area contributed by atoms with Crippen molar-refractivity contribution in [2.24, 2.45) is 5.10 Å². The van der Waals surface area contributed by atoms with Gasteiger partial charge in [-0.2, -0.15) is 5.10 Å². The summed E-state index contributed by atoms with van der Waals surface area (Å²) in [6, 6.07) is 10.3. The second-order valence-electron chi connectivity index (χ2n) is 5.77. The summed E-state index contributed by atoms with van der Waals surface area (Å²) in [5, 5.41) is 28.5. The van der Waals surface area contributed by atoms with Crippen LogP contribution in [0.15, 0.2) is 46.9 Å². The third-order valence-corrected chi connectivity index (χ3v) is 4.96. The molecule has 0 saturated carbocycles. The first-order valence-electron chi connectivity index (χ1n) is 7.97. The van der Waals surface area contributed by atoms with Gasteiger partial charge in [0.15, 0.2) is 0 Å². The molecule has 25 heavy (non-hydrogen) atoms. The molecule has 130 valence electrons. The van der Waals surface area contributed by atoms with E-state index >= 15 is 0 Å². The number of aliphatic carboxylic acids is 1. The van der Waals surface area contributed by atoms with E-state index in [0.29, 0.717) is 12.0 Å². The molecule has 3 rings (SSSR count). The zero-order valence-electron chi connectivity index (χ0n) is 13.4. The molecule has 0 aliphatic carbocycles. The van der Waals surface area contributed by atoms with E-state index in [4.69, 9.17) is 0 Å². The number of hydrogen-bond acceptors (Lipinski definition) is 6. The smallest absolute Gasteiger partial charge is 0.243 e. The van der Waals surface area contributed by atoms with Crippen molar-refractivity contribution in [3.05, 3.63) is 52.2 Å². The molecule has 7 heteroatoms. The number of carboxylic acid groups (broad SMARTS) is 1. The second-order valence-corrected chi connectivity index (χ2v) is 6.71. The Labute approximate surface area is 149 Å². The van der Waals surface area contributed by atoms with E-state index in [2.05, 4.69) is 5.10 Å². The predicted molar refractivity (Wildman–Crippen MR) is 92.0 cm³/mol. The van der Waals surface area contributed by atoms with Crippen LogP contribution in [0.3, 0.4) is 0 Å². The minimum absolute atomic E-state index is 0.0687. The largest absolute Gasteiger partial charge is 0.550 e. The van der Waals surface area contributed by atoms with Gasteiger partial charge in [0.05, 0.1) is 16.6 Å². The highest BCUT2D eigenvalue weighted by molar-refractivity contribution is 7.12. The van der Waals surface area contributed by atoms with E-state index in [1.807, 2.05) is 17.5 Å². The van der Waals surface area contributed by atoms with Crippen molar-refractivity contribution in [1.82, 2.24) is 5.01 Å². The van der Waals surface area contributed by atoms with Crippen LogP contribution in [-0.4, -0.2) is 27.7 Å². The SMILES string of the molecule is O=C([O-])CCCC(=O)N1N=C(c2cccs2)C[C@H]1c1ccccc1O. The molecule has 0 bridgehead atoms. The van der Waals surface area contributed by atoms with Crippen LogP contribution >= 0.6 is 11.3 Å². The Kier molecular flexibility index (Phi) is 5.14. The fourth-order valence-electron chi connectivity index (χ4n) is 2.84. The van der Waals surface area contributed by atoms with Crippen LogP contribution in [-0.2, 0) is 9.59 Å². The quantitative estimate of drug-likeness (QED) is 0.856. The number of nitrogens with zero attached hydrogens (tertiary/aromatic N) is 2. The van der Waals surface area contributed by atoms with Crippen molar-refractivity contribution in [1.29, 1.82) is 0 Å². The summed E-state index contributed by atoms with van der Waals surface area (Å²) >= 11 is 1.54. The van der Waals surface area contributed by atoms with Crippen molar-refractivity contribution in [2.75, 3.05) is 0 Å². The lowest BCUT2D eigenvalue weighted by Crippen LogP contribution is -2.28. The third kappa shape index (κ3) is 3.88. The first kappa shape index (κ1) is 17.2. The van der Waals surface area contributed by atoms with E-state index in [-0.39, 0.29) is 30.9 Å². The van der Waals surface area contributed by atoms with Crippen LogP contribution in [0.25, 0.3) is 0 Å². The minimum Gasteiger partial charge on any atom is -0.550 e. The van der Waals surface area contributed by atoms with Crippen molar-refractivity contribution in [2.45, 2.75) is 31.7 Å². The highest BCUT2D eigenvalue weighted by Gasteiger charge is 2.34. The van der Waals surface area contributed by atoms with Crippen LogP contribution < -0.4 is 5.11 Å². The Morgan fingerprint density at radius 3 is 2.72 bits per heavy atom. The summed E-state index contributed by atoms with van der Waals surface area (Å²) in [7, 11) is 0. The number of rotatable bonds is 6. The lowest BCUT2D eigenvalue weighted by Gasteiger charge is -2.22. The maximum absolute atomic E-state index is 12.6. The van der Waals surface area contributed by atoms with Crippen molar-refractivity contribution in [3.8, 4) is 5.75 Å². The zero-order chi connectivity index (χ0) is 17.8. The molecule has 0 unspecified atom stereocenters. The summed E-state index contributed by atoms with van der Waals surface area (Å²) in [5.74, 6) is -1.32. The molecule has 1 aliphatic heterocycles. The van der Waals surface area contributed by atoms with Gasteiger partial charge in [0.1, 0.15) is 5.75 Å². The number of hydrogen-bond donors (Lipinski definition) is 1. The van der Waals surface area contributed by atoms with Crippen LogP contribution in [0.5, 0.6) is 5.75 Å². The number of aromatic hydroxyl groups is 1. The Morgan fingerprint density at radius 1 is 1.24 bits per heavy atom. The van der Waals surface area contributed by atoms with Gasteiger partial charge < -0.3 is 15.0 Å². The summed E-state index contributed by atoms with van der Waals surface area (Å²) in [6.45, 7) is 0. The minimum atomic E-state index is -1.17. The summed E-state index contributed by atoms with van der Waals surface area (Å²) in [5.41, 5.74) is 1.42. The van der Waals surface area contributed by atoms with Gasteiger partial charge >= 0.3 is 0 Å². The Bertz CT molecular complexity index is 801. The summed E-state index contributed by atoms with van der Waals surface area (Å²) in [6.07, 6.45) is 0.612. The fraction of sp³-hybridized carbons (Fsp3) is 0.278. The summed E-state index contributed by atoms with van der Waals surface area (Å²) < 4.78 is 0. The van der Waals surface area contributed by atoms with E-state index in [1.165, 1.54) is 16.3 Å². The number of phenolic OH excluding ortho intramolecular Hbond substituents is 1. The van der Waals surface area contributed by atoms with Crippen LogP contribution in [0.2, 0.25) is 0 Å². The summed E-state index contributed by atoms with van der Waals surface area (Å²) in [4.78, 5) is 24.1. The van der Waals surface area contributed by atoms with Crippen LogP contribution in [0.4, 0.5) is 0 Å². The van der Waals surface area contributed by atoms with Gasteiger partial charge in [-0.15, -0.1) is 11.3 Å². The number of hydrazone groups is 1. The van der Waals surface area contributed by atoms with Crippen molar-refractivity contribution in [3.63, 3.8) is 0 Å². The monoisotopic (exact) mass is 357 g/mol. The molecule has 1 aromatic heterocycles. The molecule has 0 saturated heterocycles. The molecule has 1 aliphatic rings. The maximum atomic E-state index is 12.6. The van der Waals surface area contributed by atoms with Crippen molar-refractivity contribution < 1.29 is 19.8 Å². The van der Waals surface area contributed by atoms with Gasteiger partial charge in [-0.3, -0.25) is 4.79 Å². The van der Waals surface area contributed by atoms with Crippen LogP contribution in [0, 0.1) is 0 Å². The van der Waals surface area contributed by atoms with E-state index in [0.717, 1.165) is 10.6 Å². The number of benzene rings is 1. The lowest BCUT2D eigenvalue weighted by atomic mass is 10.00. The number of carbonyl (C=O) groups is 2. The molecule has 1 atom stereocenters. The zero-order valence-corrected chi connectivity index (χ0v) is 14.2. The number of thiophene rings is 1. The molecule has 2 aromatic rings. The molecular weight excluding hydrogens is 340 g/mol. The molecular formula is C18H17N2O4S-. The number of carboxylic acids is 1. The lowest BCUT2D eigenvalue weighted by molar-refractivity contribution is -0.305. The van der Waals surface area contributed by atoms with Gasteiger partial charge in [0.2, 0.25) is 5.91 Å². The first-order chi connectivity index (χ1) is 12.1. The van der Waals surface area contributed by atoms with Gasteiger partial charge in [0.25, 0.3) is 0 Å². The number of amides is 1. The van der Waals surface area contributed by atoms with E-state index in [1.54, 1.807) is 24.3 Å². The van der Waals surface area contributed by atoms with Crippen molar-refractivity contribution >= 4 is 28.9 Å². The first-order valence-corrected chi connectivity index (χ1v) is 8.85. The Hall–Kier alpha value is -2.67. The maximum Gasteiger partial charge on any atom is 0.243 e. The topological polar surface area (TPSA) is 93.0 Å². The molecule has 0 radical (unpaired) electrons. The highest BCUT2D eigenvalue weighted by Crippen LogP contribution is 2.37. The standard InChI is InChI=1S/C18H18N2O4S/c21-15-6-2-1-5-12(15)14-11-13(16-7-4-10-25-16)19-20(14)17(22)8-3-9-18(23)24/h1-2,4-7,10,14,21H,3,8-9,11H2,(H,23,24)/p-1/t14-/m0/s1. The Balaban J connectivity index is 1.84. The van der Waals surface area contributed by atoms with Gasteiger partial charge in [0, 0.05) is 24.4 Å². The predicted octanol–water partition coefficient (Wildman–Crippen LogP) is 2.05. The van der Waals surface area contributed by atoms with Gasteiger partial charge in [-0.05, 0) is 30.4 Å². The second kappa shape index (κ2) is 7.48. The normalized spacial score (nSPS) is 16.7. The number of para-hydroxylation sites is 1. The van der Waals surface area contributed by atoms with E-state index in [9.17, 15) is 19.8 Å². The van der Waals surface area contributed by atoms with Gasteiger partial charge in [-0.25, -0.2) is 5.01 Å². The van der Waals surface area contributed by atoms with E-state index < -0.39 is 12.0 Å². The molecule has 6 nitrogen and oxygen atoms in total. The Morgan fingerprint density at radius 2 is 2.04 bits per heavy atom. The number of phenols is 1. The molecule has 1 N–H and O–H groups in total. The highest BCUT2D eigenvalue weighted by atomic mass is 32.1. The average molecular weight is 357 g/mol. The molecule has 0 fully saturated rings. The molecule has 0 spiro atoms. The fourth-order valence-corrected chi connectivity index (χ4v) is 3.56. The average Bonchev–Trinajstić information content (AvgIpc) is 3.24.